The van der Waals surface area contributed by atoms with Crippen LogP contribution in [0.15, 0.2) is 18.2 Å². The fourth-order valence-electron chi connectivity index (χ4n) is 1.66. The van der Waals surface area contributed by atoms with Gasteiger partial charge in [-0.3, -0.25) is 0 Å². The van der Waals surface area contributed by atoms with Crippen LogP contribution in [0.25, 0.3) is 11.3 Å². The second-order valence-electron chi connectivity index (χ2n) is 4.29. The van der Waals surface area contributed by atoms with Crippen molar-refractivity contribution in [3.8, 4) is 23.1 Å². The van der Waals surface area contributed by atoms with Gasteiger partial charge in [0.25, 0.3) is 0 Å². The fraction of sp³-hybridized carbons (Fsp3) is 0.250. The van der Waals surface area contributed by atoms with Crippen molar-refractivity contribution >= 4 is 0 Å². The molecular formula is C12H6F6N4O. The highest BCUT2D eigenvalue weighted by Crippen LogP contribution is 2.36. The number of alkyl halides is 6. The van der Waals surface area contributed by atoms with Crippen molar-refractivity contribution in [1.29, 1.82) is 5.26 Å². The smallest absolute Gasteiger partial charge is 0.422 e. The molecule has 0 spiro atoms. The first kappa shape index (κ1) is 16.6. The summed E-state index contributed by atoms with van der Waals surface area (Å²) in [6, 6.07) is 3.61. The molecule has 0 radical (unpaired) electrons. The Morgan fingerprint density at radius 2 is 1.83 bits per heavy atom. The summed E-state index contributed by atoms with van der Waals surface area (Å²) in [5.41, 5.74) is -1.94. The molecular weight excluding hydrogens is 330 g/mol. The van der Waals surface area contributed by atoms with Crippen molar-refractivity contribution < 1.29 is 31.1 Å². The standard InChI is InChI=1S/C12H6F6N4O/c13-11(14,15)5-23-8-2-6(1-7(3-8)12(16,17)18)10-9(4-19)20-22-21-10/h1-3H,5H2,(H,20,21,22). The van der Waals surface area contributed by atoms with Crippen molar-refractivity contribution in [2.45, 2.75) is 12.4 Å². The van der Waals surface area contributed by atoms with Crippen molar-refractivity contribution in [2.75, 3.05) is 6.61 Å². The van der Waals surface area contributed by atoms with E-state index < -0.39 is 30.3 Å². The van der Waals surface area contributed by atoms with E-state index in [0.29, 0.717) is 12.1 Å². The van der Waals surface area contributed by atoms with Crippen molar-refractivity contribution in [3.63, 3.8) is 0 Å². The number of nitriles is 1. The number of hydrogen-bond acceptors (Lipinski definition) is 4. The maximum atomic E-state index is 12.9. The molecule has 0 aliphatic carbocycles. The van der Waals surface area contributed by atoms with Gasteiger partial charge in [-0.1, -0.05) is 5.21 Å². The lowest BCUT2D eigenvalue weighted by Gasteiger charge is -2.13. The van der Waals surface area contributed by atoms with Crippen molar-refractivity contribution in [2.24, 2.45) is 0 Å². The lowest BCUT2D eigenvalue weighted by molar-refractivity contribution is -0.153. The maximum absolute atomic E-state index is 12.9. The van der Waals surface area contributed by atoms with Gasteiger partial charge in [-0.05, 0) is 18.2 Å². The second-order valence-corrected chi connectivity index (χ2v) is 4.29. The Bertz CT molecular complexity index is 743. The first-order chi connectivity index (χ1) is 10.6. The average molecular weight is 336 g/mol. The second kappa shape index (κ2) is 5.79. The molecule has 0 saturated carbocycles. The number of hydrogen-bond donors (Lipinski definition) is 1. The highest BCUT2D eigenvalue weighted by atomic mass is 19.4. The third kappa shape index (κ3) is 4.12. The summed E-state index contributed by atoms with van der Waals surface area (Å²) < 4.78 is 79.4. The van der Waals surface area contributed by atoms with Crippen LogP contribution in [0.1, 0.15) is 11.3 Å². The molecule has 11 heteroatoms. The number of benzene rings is 1. The summed E-state index contributed by atoms with van der Waals surface area (Å²) in [7, 11) is 0. The molecule has 1 N–H and O–H groups in total. The fourth-order valence-corrected chi connectivity index (χ4v) is 1.66. The van der Waals surface area contributed by atoms with Gasteiger partial charge >= 0.3 is 12.4 Å². The Hall–Kier alpha value is -2.77. The van der Waals surface area contributed by atoms with E-state index in [1.807, 2.05) is 0 Å². The number of halogens is 6. The van der Waals surface area contributed by atoms with Crippen LogP contribution in [0.2, 0.25) is 0 Å². The first-order valence-corrected chi connectivity index (χ1v) is 5.83. The summed E-state index contributed by atoms with van der Waals surface area (Å²) in [5.74, 6) is -0.654. The van der Waals surface area contributed by atoms with Gasteiger partial charge in [0.2, 0.25) is 0 Å². The molecule has 0 aliphatic heterocycles. The predicted molar refractivity (Wildman–Crippen MR) is 63.1 cm³/mol. The third-order valence-corrected chi connectivity index (χ3v) is 2.57. The van der Waals surface area contributed by atoms with E-state index in [9.17, 15) is 26.3 Å². The van der Waals surface area contributed by atoms with Gasteiger partial charge in [0.15, 0.2) is 12.3 Å². The lowest BCUT2D eigenvalue weighted by atomic mass is 10.1. The van der Waals surface area contributed by atoms with Crippen molar-refractivity contribution in [3.05, 3.63) is 29.5 Å². The minimum atomic E-state index is -4.82. The van der Waals surface area contributed by atoms with E-state index >= 15 is 0 Å². The molecule has 0 fully saturated rings. The SMILES string of the molecule is N#Cc1[nH]nnc1-c1cc(OCC(F)(F)F)cc(C(F)(F)F)c1. The predicted octanol–water partition coefficient (Wildman–Crippen LogP) is 3.30. The molecule has 1 aromatic heterocycles. The molecule has 0 atom stereocenters. The molecule has 23 heavy (non-hydrogen) atoms. The molecule has 122 valence electrons. The lowest BCUT2D eigenvalue weighted by Crippen LogP contribution is -2.19. The van der Waals surface area contributed by atoms with Crippen LogP contribution >= 0.6 is 0 Å². The van der Waals surface area contributed by atoms with Crippen LogP contribution in [0, 0.1) is 11.3 Å². The molecule has 0 bridgehead atoms. The van der Waals surface area contributed by atoms with Crippen LogP contribution in [-0.2, 0) is 6.18 Å². The zero-order valence-corrected chi connectivity index (χ0v) is 11.0. The van der Waals surface area contributed by atoms with Crippen LogP contribution in [0.4, 0.5) is 26.3 Å². The summed E-state index contributed by atoms with van der Waals surface area (Å²) in [5, 5.41) is 17.7. The average Bonchev–Trinajstić information content (AvgIpc) is 2.91. The van der Waals surface area contributed by atoms with Gasteiger partial charge in [-0.2, -0.15) is 31.6 Å². The Morgan fingerprint density at radius 1 is 1.13 bits per heavy atom. The number of H-pyrrole nitrogens is 1. The van der Waals surface area contributed by atoms with Gasteiger partial charge in [0, 0.05) is 5.56 Å². The molecule has 1 heterocycles. The zero-order chi connectivity index (χ0) is 17.3. The van der Waals surface area contributed by atoms with E-state index in [0.717, 1.165) is 6.07 Å². The van der Waals surface area contributed by atoms with E-state index in [4.69, 9.17) is 5.26 Å². The number of aromatic amines is 1. The Balaban J connectivity index is 2.48. The highest BCUT2D eigenvalue weighted by molar-refractivity contribution is 5.67. The van der Waals surface area contributed by atoms with Crippen LogP contribution in [-0.4, -0.2) is 28.2 Å². The molecule has 2 rings (SSSR count). The van der Waals surface area contributed by atoms with E-state index in [2.05, 4.69) is 20.1 Å². The van der Waals surface area contributed by atoms with Gasteiger partial charge in [-0.25, -0.2) is 5.10 Å². The quantitative estimate of drug-likeness (QED) is 0.873. The van der Waals surface area contributed by atoms with E-state index in [1.54, 1.807) is 6.07 Å². The molecule has 0 aliphatic rings. The minimum Gasteiger partial charge on any atom is -0.484 e. The molecule has 0 unspecified atom stereocenters. The summed E-state index contributed by atoms with van der Waals surface area (Å²) in [6.07, 6.45) is -9.52. The van der Waals surface area contributed by atoms with Crippen molar-refractivity contribution in [1.82, 2.24) is 15.4 Å². The molecule has 5 nitrogen and oxygen atoms in total. The molecule has 1 aromatic carbocycles. The molecule has 2 aromatic rings. The third-order valence-electron chi connectivity index (χ3n) is 2.57. The number of aromatic nitrogens is 3. The first-order valence-electron chi connectivity index (χ1n) is 5.83. The molecule has 0 amide bonds. The van der Waals surface area contributed by atoms with E-state index in [1.165, 1.54) is 0 Å². The van der Waals surface area contributed by atoms with E-state index in [-0.39, 0.29) is 17.0 Å². The van der Waals surface area contributed by atoms with Gasteiger partial charge < -0.3 is 4.74 Å². The zero-order valence-electron chi connectivity index (χ0n) is 11.0. The van der Waals surface area contributed by atoms with Crippen LogP contribution in [0.3, 0.4) is 0 Å². The monoisotopic (exact) mass is 336 g/mol. The van der Waals surface area contributed by atoms with Crippen LogP contribution < -0.4 is 4.74 Å². The Kier molecular flexibility index (Phi) is 4.18. The molecule has 0 saturated heterocycles. The minimum absolute atomic E-state index is 0.226. The Labute approximate surface area is 124 Å². The van der Waals surface area contributed by atoms with Gasteiger partial charge in [0.05, 0.1) is 5.56 Å². The van der Waals surface area contributed by atoms with Gasteiger partial charge in [-0.15, -0.1) is 5.10 Å². The number of nitrogens with zero attached hydrogens (tertiary/aromatic N) is 3. The van der Waals surface area contributed by atoms with Crippen LogP contribution in [0.5, 0.6) is 5.75 Å². The highest BCUT2D eigenvalue weighted by Gasteiger charge is 2.33. The topological polar surface area (TPSA) is 74.6 Å². The van der Waals surface area contributed by atoms with Gasteiger partial charge in [0.1, 0.15) is 17.5 Å². The summed E-state index contributed by atoms with van der Waals surface area (Å²) >= 11 is 0. The number of ether oxygens (including phenoxy) is 1. The summed E-state index contributed by atoms with van der Waals surface area (Å²) in [6.45, 7) is -1.75. The maximum Gasteiger partial charge on any atom is 0.422 e. The number of nitrogens with one attached hydrogen (secondary N) is 1. The number of rotatable bonds is 3. The normalized spacial score (nSPS) is 12.0. The summed E-state index contributed by atoms with van der Waals surface area (Å²) in [4.78, 5) is 0. The Morgan fingerprint density at radius 3 is 2.39 bits per heavy atom. The largest absolute Gasteiger partial charge is 0.484 e.